The zero-order valence-corrected chi connectivity index (χ0v) is 16.9. The molecule has 3 N–H and O–H groups in total. The van der Waals surface area contributed by atoms with Gasteiger partial charge in [-0.2, -0.15) is 0 Å². The first-order valence-corrected chi connectivity index (χ1v) is 8.50. The summed E-state index contributed by atoms with van der Waals surface area (Å²) < 4.78 is 5.33. The van der Waals surface area contributed by atoms with Crippen LogP contribution in [0.1, 0.15) is 25.8 Å². The van der Waals surface area contributed by atoms with Crippen LogP contribution in [0.25, 0.3) is 10.9 Å². The molecule has 1 aromatic heterocycles. The lowest BCUT2D eigenvalue weighted by atomic mass is 10.1. The molecule has 24 heavy (non-hydrogen) atoms. The van der Waals surface area contributed by atoms with Crippen LogP contribution in [0.2, 0.25) is 0 Å². The van der Waals surface area contributed by atoms with Crippen molar-refractivity contribution in [2.45, 2.75) is 26.7 Å². The zero-order chi connectivity index (χ0) is 16.3. The molecule has 6 heteroatoms. The molecule has 0 atom stereocenters. The fourth-order valence-corrected chi connectivity index (χ4v) is 2.50. The van der Waals surface area contributed by atoms with Crippen LogP contribution in [0.4, 0.5) is 0 Å². The molecule has 0 saturated carbocycles. The van der Waals surface area contributed by atoms with Crippen LogP contribution in [-0.4, -0.2) is 43.8 Å². The Morgan fingerprint density at radius 2 is 2.04 bits per heavy atom. The first-order chi connectivity index (χ1) is 11.3. The van der Waals surface area contributed by atoms with Crippen molar-refractivity contribution in [2.24, 2.45) is 4.99 Å². The number of H-pyrrole nitrogens is 1. The second kappa shape index (κ2) is 12.1. The third-order valence-electron chi connectivity index (χ3n) is 3.63. The molecule has 0 radical (unpaired) electrons. The van der Waals surface area contributed by atoms with Gasteiger partial charge in [0.1, 0.15) is 0 Å². The Bertz CT molecular complexity index is 612. The van der Waals surface area contributed by atoms with E-state index in [9.17, 15) is 0 Å². The van der Waals surface area contributed by atoms with Crippen molar-refractivity contribution in [1.82, 2.24) is 15.6 Å². The number of aromatic nitrogens is 1. The Labute approximate surface area is 161 Å². The Morgan fingerprint density at radius 3 is 2.83 bits per heavy atom. The Hall–Kier alpha value is -1.28. The molecule has 1 aromatic carbocycles. The van der Waals surface area contributed by atoms with Crippen molar-refractivity contribution in [1.29, 1.82) is 0 Å². The average Bonchev–Trinajstić information content (AvgIpc) is 2.98. The lowest BCUT2D eigenvalue weighted by Gasteiger charge is -2.11. The summed E-state index contributed by atoms with van der Waals surface area (Å²) in [6.07, 6.45) is 4.01. The normalized spacial score (nSPS) is 11.3. The summed E-state index contributed by atoms with van der Waals surface area (Å²) in [5.41, 5.74) is 2.53. The molecule has 0 aliphatic rings. The number of benzene rings is 1. The molecule has 0 aliphatic carbocycles. The number of para-hydroxylation sites is 1. The summed E-state index contributed by atoms with van der Waals surface area (Å²) in [4.78, 5) is 7.89. The fraction of sp³-hybridized carbons (Fsp3) is 0.500. The van der Waals surface area contributed by atoms with Gasteiger partial charge in [-0.15, -0.1) is 24.0 Å². The third kappa shape index (κ3) is 6.68. The van der Waals surface area contributed by atoms with E-state index < -0.39 is 0 Å². The minimum atomic E-state index is 0. The van der Waals surface area contributed by atoms with E-state index in [0.29, 0.717) is 0 Å². The van der Waals surface area contributed by atoms with Gasteiger partial charge in [0.05, 0.1) is 0 Å². The highest BCUT2D eigenvalue weighted by Gasteiger charge is 2.03. The van der Waals surface area contributed by atoms with Crippen molar-refractivity contribution in [3.05, 3.63) is 36.0 Å². The molecule has 0 bridgehead atoms. The van der Waals surface area contributed by atoms with Crippen LogP contribution in [0.3, 0.4) is 0 Å². The summed E-state index contributed by atoms with van der Waals surface area (Å²) in [7, 11) is 0. The maximum Gasteiger partial charge on any atom is 0.191 e. The fourth-order valence-electron chi connectivity index (χ4n) is 2.50. The van der Waals surface area contributed by atoms with Gasteiger partial charge in [-0.25, -0.2) is 0 Å². The molecule has 1 heterocycles. The number of aromatic amines is 1. The van der Waals surface area contributed by atoms with Gasteiger partial charge in [-0.3, -0.25) is 4.99 Å². The number of fused-ring (bicyclic) bond motifs is 1. The van der Waals surface area contributed by atoms with E-state index in [1.54, 1.807) is 0 Å². The van der Waals surface area contributed by atoms with Gasteiger partial charge in [0, 0.05) is 49.9 Å². The molecule has 134 valence electrons. The van der Waals surface area contributed by atoms with Crippen LogP contribution in [-0.2, 0) is 11.2 Å². The minimum Gasteiger partial charge on any atom is -0.382 e. The van der Waals surface area contributed by atoms with E-state index in [4.69, 9.17) is 4.74 Å². The van der Waals surface area contributed by atoms with Crippen molar-refractivity contribution >= 4 is 40.8 Å². The SMILES string of the molecule is CCNC(=NCCCOCC)NCCc1c[nH]c2ccccc12.I. The van der Waals surface area contributed by atoms with Gasteiger partial charge in [0.15, 0.2) is 5.96 Å². The van der Waals surface area contributed by atoms with E-state index in [2.05, 4.69) is 58.0 Å². The number of aliphatic imine (C=N–C) groups is 1. The number of halogens is 1. The van der Waals surface area contributed by atoms with Crippen molar-refractivity contribution in [3.63, 3.8) is 0 Å². The summed E-state index contributed by atoms with van der Waals surface area (Å²) in [6.45, 7) is 8.14. The number of ether oxygens (including phenoxy) is 1. The van der Waals surface area contributed by atoms with Gasteiger partial charge < -0.3 is 20.4 Å². The molecular formula is C18H29IN4O. The smallest absolute Gasteiger partial charge is 0.191 e. The van der Waals surface area contributed by atoms with Gasteiger partial charge >= 0.3 is 0 Å². The van der Waals surface area contributed by atoms with Crippen molar-refractivity contribution in [3.8, 4) is 0 Å². The second-order valence-corrected chi connectivity index (χ2v) is 5.35. The van der Waals surface area contributed by atoms with E-state index >= 15 is 0 Å². The minimum absolute atomic E-state index is 0. The number of hydrogen-bond donors (Lipinski definition) is 3. The Balaban J connectivity index is 0.00000288. The zero-order valence-electron chi connectivity index (χ0n) is 14.6. The molecule has 0 spiro atoms. The molecule has 0 unspecified atom stereocenters. The first-order valence-electron chi connectivity index (χ1n) is 8.50. The predicted octanol–water partition coefficient (Wildman–Crippen LogP) is 3.31. The highest BCUT2D eigenvalue weighted by molar-refractivity contribution is 14.0. The predicted molar refractivity (Wildman–Crippen MR) is 113 cm³/mol. The first kappa shape index (κ1) is 20.8. The van der Waals surface area contributed by atoms with Gasteiger partial charge in [0.2, 0.25) is 0 Å². The standard InChI is InChI=1S/C18H28N4O.HI/c1-3-19-18(20-11-7-13-23-4-2)21-12-10-15-14-22-17-9-6-5-8-16(15)17;/h5-6,8-9,14,22H,3-4,7,10-13H2,1-2H3,(H2,19,20,21);1H. The molecule has 5 nitrogen and oxygen atoms in total. The van der Waals surface area contributed by atoms with Crippen LogP contribution in [0.15, 0.2) is 35.5 Å². The van der Waals surface area contributed by atoms with Crippen LogP contribution < -0.4 is 10.6 Å². The maximum absolute atomic E-state index is 5.33. The third-order valence-corrected chi connectivity index (χ3v) is 3.63. The second-order valence-electron chi connectivity index (χ2n) is 5.35. The monoisotopic (exact) mass is 444 g/mol. The lowest BCUT2D eigenvalue weighted by Crippen LogP contribution is -2.38. The van der Waals surface area contributed by atoms with Crippen molar-refractivity contribution < 1.29 is 4.74 Å². The highest BCUT2D eigenvalue weighted by Crippen LogP contribution is 2.17. The van der Waals surface area contributed by atoms with E-state index in [0.717, 1.165) is 51.6 Å². The molecule has 2 rings (SSSR count). The van der Waals surface area contributed by atoms with E-state index in [-0.39, 0.29) is 24.0 Å². The average molecular weight is 444 g/mol. The maximum atomic E-state index is 5.33. The topological polar surface area (TPSA) is 61.4 Å². The van der Waals surface area contributed by atoms with Crippen LogP contribution in [0.5, 0.6) is 0 Å². The molecule has 0 saturated heterocycles. The van der Waals surface area contributed by atoms with Gasteiger partial charge in [-0.05, 0) is 38.3 Å². The van der Waals surface area contributed by atoms with Gasteiger partial charge in [-0.1, -0.05) is 18.2 Å². The van der Waals surface area contributed by atoms with Crippen LogP contribution in [0, 0.1) is 0 Å². The number of guanidine groups is 1. The lowest BCUT2D eigenvalue weighted by molar-refractivity contribution is 0.146. The summed E-state index contributed by atoms with van der Waals surface area (Å²) in [5, 5.41) is 7.98. The van der Waals surface area contributed by atoms with Gasteiger partial charge in [0.25, 0.3) is 0 Å². The largest absolute Gasteiger partial charge is 0.382 e. The quantitative estimate of drug-likeness (QED) is 0.241. The number of rotatable bonds is 9. The molecule has 0 fully saturated rings. The molecule has 0 aliphatic heterocycles. The molecule has 0 amide bonds. The van der Waals surface area contributed by atoms with Crippen LogP contribution >= 0.6 is 24.0 Å². The number of hydrogen-bond acceptors (Lipinski definition) is 2. The Kier molecular flexibility index (Phi) is 10.5. The molecular weight excluding hydrogens is 415 g/mol. The Morgan fingerprint density at radius 1 is 1.21 bits per heavy atom. The molecule has 2 aromatic rings. The number of nitrogens with zero attached hydrogens (tertiary/aromatic N) is 1. The number of nitrogens with one attached hydrogen (secondary N) is 3. The van der Waals surface area contributed by atoms with E-state index in [1.165, 1.54) is 16.5 Å². The summed E-state index contributed by atoms with van der Waals surface area (Å²) >= 11 is 0. The van der Waals surface area contributed by atoms with Crippen molar-refractivity contribution in [2.75, 3.05) is 32.8 Å². The highest BCUT2D eigenvalue weighted by atomic mass is 127. The summed E-state index contributed by atoms with van der Waals surface area (Å²) in [5.74, 6) is 0.879. The summed E-state index contributed by atoms with van der Waals surface area (Å²) in [6, 6.07) is 8.40. The van der Waals surface area contributed by atoms with E-state index in [1.807, 2.05) is 6.92 Å².